The quantitative estimate of drug-likeness (QED) is 0.592. The number of phenolic OH excluding ortho intramolecular Hbond substituents is 2. The highest BCUT2D eigenvalue weighted by Crippen LogP contribution is 2.27. The van der Waals surface area contributed by atoms with Crippen LogP contribution in [0.4, 0.5) is 0 Å². The van der Waals surface area contributed by atoms with Crippen LogP contribution in [0.15, 0.2) is 18.2 Å². The van der Waals surface area contributed by atoms with Crippen LogP contribution < -0.4 is 5.32 Å². The van der Waals surface area contributed by atoms with Crippen molar-refractivity contribution in [2.45, 2.75) is 6.92 Å². The van der Waals surface area contributed by atoms with Crippen molar-refractivity contribution in [3.8, 4) is 11.5 Å². The van der Waals surface area contributed by atoms with Crippen molar-refractivity contribution in [2.75, 3.05) is 6.54 Å². The van der Waals surface area contributed by atoms with E-state index < -0.39 is 5.91 Å². The van der Waals surface area contributed by atoms with E-state index in [0.717, 1.165) is 0 Å². The first kappa shape index (κ1) is 9.38. The number of phenols is 2. The molecule has 4 heteroatoms. The van der Waals surface area contributed by atoms with Gasteiger partial charge in [-0.15, -0.1) is 0 Å². The van der Waals surface area contributed by atoms with Gasteiger partial charge >= 0.3 is 0 Å². The Kier molecular flexibility index (Phi) is 2.74. The molecule has 0 heterocycles. The van der Waals surface area contributed by atoms with Gasteiger partial charge in [-0.25, -0.2) is 0 Å². The molecule has 1 aromatic rings. The average molecular weight is 181 g/mol. The zero-order valence-electron chi connectivity index (χ0n) is 7.24. The molecule has 0 fully saturated rings. The number of amides is 1. The van der Waals surface area contributed by atoms with Crippen LogP contribution in [0.25, 0.3) is 0 Å². The average Bonchev–Trinajstić information content (AvgIpc) is 2.10. The molecule has 0 radical (unpaired) electrons. The molecular weight excluding hydrogens is 170 g/mol. The minimum atomic E-state index is -0.393. The van der Waals surface area contributed by atoms with Crippen LogP contribution in [0.2, 0.25) is 0 Å². The normalized spacial score (nSPS) is 9.62. The van der Waals surface area contributed by atoms with E-state index in [1.54, 1.807) is 6.92 Å². The minimum Gasteiger partial charge on any atom is -0.504 e. The van der Waals surface area contributed by atoms with Crippen LogP contribution in [-0.4, -0.2) is 22.7 Å². The van der Waals surface area contributed by atoms with Crippen molar-refractivity contribution in [2.24, 2.45) is 0 Å². The van der Waals surface area contributed by atoms with Crippen molar-refractivity contribution in [1.82, 2.24) is 5.32 Å². The molecule has 0 saturated carbocycles. The molecule has 0 aliphatic heterocycles. The van der Waals surface area contributed by atoms with E-state index in [2.05, 4.69) is 5.32 Å². The van der Waals surface area contributed by atoms with Crippen LogP contribution in [0, 0.1) is 0 Å². The maximum absolute atomic E-state index is 11.2. The lowest BCUT2D eigenvalue weighted by molar-refractivity contribution is 0.0952. The molecule has 0 saturated heterocycles. The monoisotopic (exact) mass is 181 g/mol. The molecule has 4 nitrogen and oxygen atoms in total. The van der Waals surface area contributed by atoms with Gasteiger partial charge in [-0.3, -0.25) is 4.79 Å². The number of rotatable bonds is 2. The number of benzene rings is 1. The summed E-state index contributed by atoms with van der Waals surface area (Å²) in [6.07, 6.45) is 0. The lowest BCUT2D eigenvalue weighted by Crippen LogP contribution is -2.22. The third kappa shape index (κ3) is 1.90. The summed E-state index contributed by atoms with van der Waals surface area (Å²) in [5, 5.41) is 20.9. The third-order valence-electron chi connectivity index (χ3n) is 1.60. The molecule has 0 bridgehead atoms. The molecule has 0 spiro atoms. The highest BCUT2D eigenvalue weighted by atomic mass is 16.3. The highest BCUT2D eigenvalue weighted by molar-refractivity contribution is 5.97. The van der Waals surface area contributed by atoms with Crippen molar-refractivity contribution in [3.63, 3.8) is 0 Å². The van der Waals surface area contributed by atoms with Gasteiger partial charge in [0.25, 0.3) is 5.91 Å². The number of carbonyl (C=O) groups excluding carboxylic acids is 1. The molecule has 0 atom stereocenters. The predicted molar refractivity (Wildman–Crippen MR) is 47.8 cm³/mol. The Balaban J connectivity index is 3.01. The Hall–Kier alpha value is -1.71. The van der Waals surface area contributed by atoms with E-state index in [0.29, 0.717) is 6.54 Å². The van der Waals surface area contributed by atoms with Gasteiger partial charge in [0.1, 0.15) is 0 Å². The molecule has 1 amide bonds. The first-order valence-electron chi connectivity index (χ1n) is 3.96. The summed E-state index contributed by atoms with van der Waals surface area (Å²) < 4.78 is 0. The summed E-state index contributed by atoms with van der Waals surface area (Å²) in [5.74, 6) is -1.06. The topological polar surface area (TPSA) is 69.6 Å². The van der Waals surface area contributed by atoms with E-state index in [1.807, 2.05) is 0 Å². The minimum absolute atomic E-state index is 0.0850. The van der Waals surface area contributed by atoms with Gasteiger partial charge in [0, 0.05) is 6.54 Å². The molecular formula is C9H11NO3. The van der Waals surface area contributed by atoms with Gasteiger partial charge in [0.2, 0.25) is 0 Å². The maximum Gasteiger partial charge on any atom is 0.255 e. The Morgan fingerprint density at radius 1 is 1.46 bits per heavy atom. The third-order valence-corrected chi connectivity index (χ3v) is 1.60. The maximum atomic E-state index is 11.2. The SMILES string of the molecule is CCNC(=O)c1cccc(O)c1O. The summed E-state index contributed by atoms with van der Waals surface area (Å²) in [6.45, 7) is 2.26. The Morgan fingerprint density at radius 3 is 2.77 bits per heavy atom. The van der Waals surface area contributed by atoms with E-state index in [4.69, 9.17) is 5.11 Å². The number of hydrogen-bond acceptors (Lipinski definition) is 3. The Labute approximate surface area is 75.8 Å². The molecule has 0 aliphatic rings. The standard InChI is InChI=1S/C9H11NO3/c1-2-10-9(13)6-4-3-5-7(11)8(6)12/h3-5,11-12H,2H2,1H3,(H,10,13). The van der Waals surface area contributed by atoms with Crippen molar-refractivity contribution in [3.05, 3.63) is 23.8 Å². The van der Waals surface area contributed by atoms with E-state index in [1.165, 1.54) is 18.2 Å². The zero-order valence-corrected chi connectivity index (χ0v) is 7.24. The van der Waals surface area contributed by atoms with Crippen LogP contribution in [0.3, 0.4) is 0 Å². The molecule has 3 N–H and O–H groups in total. The van der Waals surface area contributed by atoms with Gasteiger partial charge in [-0.05, 0) is 19.1 Å². The number of hydrogen-bond donors (Lipinski definition) is 3. The number of aromatic hydroxyl groups is 2. The first-order chi connectivity index (χ1) is 6.16. The smallest absolute Gasteiger partial charge is 0.255 e. The van der Waals surface area contributed by atoms with Crippen LogP contribution in [-0.2, 0) is 0 Å². The van der Waals surface area contributed by atoms with E-state index >= 15 is 0 Å². The fourth-order valence-electron chi connectivity index (χ4n) is 0.970. The van der Waals surface area contributed by atoms with Crippen LogP contribution in [0.1, 0.15) is 17.3 Å². The second-order valence-corrected chi connectivity index (χ2v) is 2.53. The summed E-state index contributed by atoms with van der Waals surface area (Å²) in [4.78, 5) is 11.2. The molecule has 70 valence electrons. The van der Waals surface area contributed by atoms with Gasteiger partial charge in [-0.1, -0.05) is 6.07 Å². The molecule has 0 aromatic heterocycles. The Bertz CT molecular complexity index is 323. The predicted octanol–water partition coefficient (Wildman–Crippen LogP) is 0.847. The molecule has 0 unspecified atom stereocenters. The summed E-state index contributed by atoms with van der Waals surface area (Å²) in [7, 11) is 0. The second kappa shape index (κ2) is 3.80. The fraction of sp³-hybridized carbons (Fsp3) is 0.222. The lowest BCUT2D eigenvalue weighted by Gasteiger charge is -2.05. The lowest BCUT2D eigenvalue weighted by atomic mass is 10.2. The van der Waals surface area contributed by atoms with Gasteiger partial charge in [0.05, 0.1) is 5.56 Å². The summed E-state index contributed by atoms with van der Waals surface area (Å²) >= 11 is 0. The van der Waals surface area contributed by atoms with Gasteiger partial charge < -0.3 is 15.5 Å². The van der Waals surface area contributed by atoms with E-state index in [9.17, 15) is 9.90 Å². The zero-order chi connectivity index (χ0) is 9.84. The highest BCUT2D eigenvalue weighted by Gasteiger charge is 2.12. The first-order valence-corrected chi connectivity index (χ1v) is 3.96. The van der Waals surface area contributed by atoms with Crippen molar-refractivity contribution in [1.29, 1.82) is 0 Å². The Morgan fingerprint density at radius 2 is 2.15 bits per heavy atom. The molecule has 0 aliphatic carbocycles. The molecule has 1 rings (SSSR count). The van der Waals surface area contributed by atoms with Crippen LogP contribution in [0.5, 0.6) is 11.5 Å². The van der Waals surface area contributed by atoms with Crippen molar-refractivity contribution < 1.29 is 15.0 Å². The number of para-hydroxylation sites is 1. The fourth-order valence-corrected chi connectivity index (χ4v) is 0.970. The largest absolute Gasteiger partial charge is 0.504 e. The summed E-state index contributed by atoms with van der Waals surface area (Å²) in [5.41, 5.74) is 0.0850. The van der Waals surface area contributed by atoms with Crippen LogP contribution >= 0.6 is 0 Å². The number of nitrogens with one attached hydrogen (secondary N) is 1. The van der Waals surface area contributed by atoms with Gasteiger partial charge in [-0.2, -0.15) is 0 Å². The molecule has 13 heavy (non-hydrogen) atoms. The van der Waals surface area contributed by atoms with Gasteiger partial charge in [0.15, 0.2) is 11.5 Å². The number of carbonyl (C=O) groups is 1. The van der Waals surface area contributed by atoms with Crippen molar-refractivity contribution >= 4 is 5.91 Å². The summed E-state index contributed by atoms with van der Waals surface area (Å²) in [6, 6.07) is 4.26. The second-order valence-electron chi connectivity index (χ2n) is 2.53. The molecule has 1 aromatic carbocycles. The van der Waals surface area contributed by atoms with E-state index in [-0.39, 0.29) is 17.1 Å².